The fourth-order valence-corrected chi connectivity index (χ4v) is 4.94. The van der Waals surface area contributed by atoms with E-state index < -0.39 is 16.0 Å². The van der Waals surface area contributed by atoms with Crippen molar-refractivity contribution >= 4 is 32.6 Å². The molecule has 3 aromatic carbocycles. The highest BCUT2D eigenvalue weighted by Crippen LogP contribution is 2.35. The van der Waals surface area contributed by atoms with E-state index in [1.807, 2.05) is 42.5 Å². The van der Waals surface area contributed by atoms with Crippen molar-refractivity contribution in [2.45, 2.75) is 38.0 Å². The summed E-state index contributed by atoms with van der Waals surface area (Å²) in [4.78, 5) is 15.9. The van der Waals surface area contributed by atoms with Gasteiger partial charge in [-0.15, -0.1) is 0 Å². The SMILES string of the molecule is CCOC(=O)c1[nH]c2ccc(S(=O)(=O)Nc3ccc(C(C)(C)C)cc3)cc2c1-c1ccccc1. The number of ether oxygens (including phenoxy) is 1. The molecule has 0 radical (unpaired) electrons. The van der Waals surface area contributed by atoms with Crippen LogP contribution in [0.1, 0.15) is 43.7 Å². The smallest absolute Gasteiger partial charge is 0.355 e. The lowest BCUT2D eigenvalue weighted by Gasteiger charge is -2.19. The molecule has 0 saturated carbocycles. The molecule has 0 bridgehead atoms. The number of H-pyrrole nitrogens is 1. The zero-order chi connectivity index (χ0) is 24.5. The normalized spacial score (nSPS) is 12.0. The largest absolute Gasteiger partial charge is 0.461 e. The van der Waals surface area contributed by atoms with E-state index in [9.17, 15) is 13.2 Å². The Morgan fingerprint density at radius 2 is 1.65 bits per heavy atom. The Morgan fingerprint density at radius 1 is 0.971 bits per heavy atom. The molecule has 0 aliphatic rings. The third kappa shape index (κ3) is 4.70. The van der Waals surface area contributed by atoms with Crippen LogP contribution in [0.4, 0.5) is 5.69 Å². The van der Waals surface area contributed by atoms with Gasteiger partial charge in [0, 0.05) is 22.2 Å². The number of nitrogens with one attached hydrogen (secondary N) is 2. The van der Waals surface area contributed by atoms with Gasteiger partial charge in [0.25, 0.3) is 10.0 Å². The standard InChI is InChI=1S/C27H28N2O4S/c1-5-33-26(30)25-24(18-9-7-6-8-10-18)22-17-21(15-16-23(22)28-25)34(31,32)29-20-13-11-19(12-14-20)27(2,3)4/h6-17,28-29H,5H2,1-4H3. The van der Waals surface area contributed by atoms with Crippen LogP contribution in [0.15, 0.2) is 77.7 Å². The molecule has 0 amide bonds. The van der Waals surface area contributed by atoms with Crippen molar-refractivity contribution in [3.8, 4) is 11.1 Å². The van der Waals surface area contributed by atoms with Gasteiger partial charge in [-0.25, -0.2) is 13.2 Å². The van der Waals surface area contributed by atoms with Crippen molar-refractivity contribution in [1.29, 1.82) is 0 Å². The molecule has 1 heterocycles. The third-order valence-electron chi connectivity index (χ3n) is 5.63. The van der Waals surface area contributed by atoms with Gasteiger partial charge in [-0.3, -0.25) is 4.72 Å². The van der Waals surface area contributed by atoms with E-state index in [0.717, 1.165) is 11.1 Å². The summed E-state index contributed by atoms with van der Waals surface area (Å²) in [5, 5.41) is 0.625. The zero-order valence-electron chi connectivity index (χ0n) is 19.7. The maximum absolute atomic E-state index is 13.2. The zero-order valence-corrected chi connectivity index (χ0v) is 20.5. The molecule has 1 aromatic heterocycles. The minimum atomic E-state index is -3.85. The van der Waals surface area contributed by atoms with Crippen LogP contribution >= 0.6 is 0 Å². The number of aromatic nitrogens is 1. The molecule has 0 unspecified atom stereocenters. The molecule has 2 N–H and O–H groups in total. The average molecular weight is 477 g/mol. The number of rotatable bonds is 6. The van der Waals surface area contributed by atoms with Crippen molar-refractivity contribution < 1.29 is 17.9 Å². The Bertz CT molecular complexity index is 1430. The van der Waals surface area contributed by atoms with E-state index in [0.29, 0.717) is 27.8 Å². The van der Waals surface area contributed by atoms with Crippen LogP contribution in [0.2, 0.25) is 0 Å². The minimum absolute atomic E-state index is 0.0266. The number of hydrogen-bond acceptors (Lipinski definition) is 4. The van der Waals surface area contributed by atoms with E-state index >= 15 is 0 Å². The van der Waals surface area contributed by atoms with Crippen molar-refractivity contribution in [2.24, 2.45) is 0 Å². The van der Waals surface area contributed by atoms with Crippen molar-refractivity contribution in [1.82, 2.24) is 4.98 Å². The molecule has 6 nitrogen and oxygen atoms in total. The number of sulfonamides is 1. The van der Waals surface area contributed by atoms with Crippen molar-refractivity contribution in [3.05, 3.63) is 84.1 Å². The molecule has 0 aliphatic heterocycles. The predicted molar refractivity (Wildman–Crippen MR) is 136 cm³/mol. The summed E-state index contributed by atoms with van der Waals surface area (Å²) in [5.74, 6) is -0.487. The highest BCUT2D eigenvalue weighted by Gasteiger charge is 2.23. The third-order valence-corrected chi connectivity index (χ3v) is 7.00. The van der Waals surface area contributed by atoms with Gasteiger partial charge < -0.3 is 9.72 Å². The molecule has 4 aromatic rings. The number of hydrogen-bond donors (Lipinski definition) is 2. The number of carbonyl (C=O) groups is 1. The van der Waals surface area contributed by atoms with Gasteiger partial charge in [-0.1, -0.05) is 63.2 Å². The lowest BCUT2D eigenvalue weighted by Crippen LogP contribution is -2.14. The van der Waals surface area contributed by atoms with E-state index in [-0.39, 0.29) is 16.9 Å². The Kier molecular flexibility index (Phi) is 6.23. The maximum Gasteiger partial charge on any atom is 0.355 e. The first-order chi connectivity index (χ1) is 16.1. The summed E-state index contributed by atoms with van der Waals surface area (Å²) in [6, 6.07) is 21.5. The molecule has 0 saturated heterocycles. The Hall–Kier alpha value is -3.58. The summed E-state index contributed by atoms with van der Waals surface area (Å²) < 4.78 is 34.3. The molecule has 4 rings (SSSR count). The first-order valence-electron chi connectivity index (χ1n) is 11.1. The number of fused-ring (bicyclic) bond motifs is 1. The highest BCUT2D eigenvalue weighted by atomic mass is 32.2. The second-order valence-corrected chi connectivity index (χ2v) is 10.8. The number of anilines is 1. The fraction of sp³-hybridized carbons (Fsp3) is 0.222. The molecule has 0 atom stereocenters. The van der Waals surface area contributed by atoms with Crippen LogP contribution in [0, 0.1) is 0 Å². The van der Waals surface area contributed by atoms with Crippen LogP contribution < -0.4 is 4.72 Å². The Balaban J connectivity index is 1.77. The lowest BCUT2D eigenvalue weighted by atomic mass is 9.87. The highest BCUT2D eigenvalue weighted by molar-refractivity contribution is 7.92. The van der Waals surface area contributed by atoms with Gasteiger partial charge in [0.05, 0.1) is 11.5 Å². The Labute approximate surface area is 200 Å². The lowest BCUT2D eigenvalue weighted by molar-refractivity contribution is 0.0521. The summed E-state index contributed by atoms with van der Waals surface area (Å²) in [7, 11) is -3.85. The second kappa shape index (κ2) is 8.99. The van der Waals surface area contributed by atoms with Gasteiger partial charge in [0.15, 0.2) is 0 Å². The number of carbonyl (C=O) groups excluding carboxylic acids is 1. The quantitative estimate of drug-likeness (QED) is 0.329. The molecule has 0 fully saturated rings. The van der Waals surface area contributed by atoms with Gasteiger partial charge in [-0.05, 0) is 53.8 Å². The molecule has 34 heavy (non-hydrogen) atoms. The van der Waals surface area contributed by atoms with Gasteiger partial charge in [0.2, 0.25) is 0 Å². The second-order valence-electron chi connectivity index (χ2n) is 9.10. The molecule has 0 spiro atoms. The first kappa shape index (κ1) is 23.6. The van der Waals surface area contributed by atoms with E-state index in [2.05, 4.69) is 30.5 Å². The summed E-state index contributed by atoms with van der Waals surface area (Å²) in [5.41, 5.74) is 3.92. The number of benzene rings is 3. The van der Waals surface area contributed by atoms with E-state index in [1.165, 1.54) is 6.07 Å². The maximum atomic E-state index is 13.2. The first-order valence-corrected chi connectivity index (χ1v) is 12.6. The molecule has 176 valence electrons. The fourth-order valence-electron chi connectivity index (χ4n) is 3.85. The molecule has 7 heteroatoms. The average Bonchev–Trinajstić information content (AvgIpc) is 3.18. The Morgan fingerprint density at radius 3 is 2.26 bits per heavy atom. The summed E-state index contributed by atoms with van der Waals surface area (Å²) in [6.45, 7) is 8.29. The van der Waals surface area contributed by atoms with Crippen LogP contribution in [0.5, 0.6) is 0 Å². The molecule has 0 aliphatic carbocycles. The van der Waals surface area contributed by atoms with Crippen LogP contribution in [0.3, 0.4) is 0 Å². The predicted octanol–water partition coefficient (Wildman–Crippen LogP) is 6.11. The summed E-state index contributed by atoms with van der Waals surface area (Å²) in [6.07, 6.45) is 0. The van der Waals surface area contributed by atoms with Crippen LogP contribution in [-0.4, -0.2) is 26.0 Å². The number of aromatic amines is 1. The van der Waals surface area contributed by atoms with Crippen LogP contribution in [0.25, 0.3) is 22.0 Å². The van der Waals surface area contributed by atoms with Gasteiger partial charge in [-0.2, -0.15) is 0 Å². The number of esters is 1. The van der Waals surface area contributed by atoms with E-state index in [4.69, 9.17) is 4.74 Å². The van der Waals surface area contributed by atoms with Crippen molar-refractivity contribution in [3.63, 3.8) is 0 Å². The minimum Gasteiger partial charge on any atom is -0.461 e. The topological polar surface area (TPSA) is 88.3 Å². The molecular formula is C27H28N2O4S. The van der Waals surface area contributed by atoms with Crippen molar-refractivity contribution in [2.75, 3.05) is 11.3 Å². The monoisotopic (exact) mass is 476 g/mol. The molecular weight excluding hydrogens is 448 g/mol. The van der Waals surface area contributed by atoms with Gasteiger partial charge >= 0.3 is 5.97 Å². The van der Waals surface area contributed by atoms with E-state index in [1.54, 1.807) is 31.2 Å². The van der Waals surface area contributed by atoms with Gasteiger partial charge in [0.1, 0.15) is 5.69 Å². The summed E-state index contributed by atoms with van der Waals surface area (Å²) >= 11 is 0. The van der Waals surface area contributed by atoms with Crippen LogP contribution in [-0.2, 0) is 20.2 Å².